The summed E-state index contributed by atoms with van der Waals surface area (Å²) in [6.45, 7) is 4.06. The number of hydrogen-bond donors (Lipinski definition) is 1. The van der Waals surface area contributed by atoms with E-state index in [9.17, 15) is 0 Å². The van der Waals surface area contributed by atoms with Crippen molar-refractivity contribution in [3.63, 3.8) is 0 Å². The van der Waals surface area contributed by atoms with E-state index >= 15 is 0 Å². The normalized spacial score (nSPS) is 21.6. The monoisotopic (exact) mass is 507 g/mol. The number of imidazole rings is 1. The van der Waals surface area contributed by atoms with Gasteiger partial charge in [0.2, 0.25) is 0 Å². The summed E-state index contributed by atoms with van der Waals surface area (Å²) < 4.78 is 2.27. The Bertz CT molecular complexity index is 759. The van der Waals surface area contributed by atoms with Crippen LogP contribution in [0.1, 0.15) is 43.5 Å². The second kappa shape index (κ2) is 11.0. The van der Waals surface area contributed by atoms with Crippen LogP contribution in [0.15, 0.2) is 47.7 Å². The summed E-state index contributed by atoms with van der Waals surface area (Å²) in [7, 11) is 1.90. The summed E-state index contributed by atoms with van der Waals surface area (Å²) in [5.41, 5.74) is 1.40. The molecule has 0 bridgehead atoms. The van der Waals surface area contributed by atoms with E-state index < -0.39 is 0 Å². The minimum Gasteiger partial charge on any atom is -0.349 e. The molecule has 1 aromatic carbocycles. The third-order valence-electron chi connectivity index (χ3n) is 6.40. The van der Waals surface area contributed by atoms with E-state index in [1.807, 2.05) is 13.2 Å². The lowest BCUT2D eigenvalue weighted by Gasteiger charge is -2.22. The van der Waals surface area contributed by atoms with Crippen LogP contribution in [0.25, 0.3) is 0 Å². The largest absolute Gasteiger partial charge is 0.349 e. The zero-order valence-electron chi connectivity index (χ0n) is 17.5. The van der Waals surface area contributed by atoms with Crippen LogP contribution in [0.5, 0.6) is 0 Å². The standard InChI is InChI=1S/C23H33N5.HI/c1-24-23(28-17-20-11-5-6-12-21(20)18-28)26-16-22-25-13-15-27(22)14-7-10-19-8-3-2-4-9-19;/h2-4,8-9,13,15,20-21H,5-7,10-12,14,16-18H2,1H3,(H,24,26);1H. The Labute approximate surface area is 192 Å². The minimum absolute atomic E-state index is 0. The van der Waals surface area contributed by atoms with E-state index in [0.717, 1.165) is 62.6 Å². The maximum Gasteiger partial charge on any atom is 0.194 e. The summed E-state index contributed by atoms with van der Waals surface area (Å²) in [5.74, 6) is 3.86. The number of nitrogens with one attached hydrogen (secondary N) is 1. The molecule has 2 heterocycles. The second-order valence-electron chi connectivity index (χ2n) is 8.24. The first-order valence-electron chi connectivity index (χ1n) is 10.8. The van der Waals surface area contributed by atoms with E-state index in [1.54, 1.807) is 0 Å². The first-order chi connectivity index (χ1) is 13.8. The minimum atomic E-state index is 0. The fourth-order valence-corrected chi connectivity index (χ4v) is 4.88. The molecule has 0 radical (unpaired) electrons. The Morgan fingerprint density at radius 3 is 2.55 bits per heavy atom. The molecule has 2 unspecified atom stereocenters. The summed E-state index contributed by atoms with van der Waals surface area (Å²) in [4.78, 5) is 11.6. The van der Waals surface area contributed by atoms with Crippen LogP contribution in [0.3, 0.4) is 0 Å². The molecular formula is C23H34IN5. The van der Waals surface area contributed by atoms with Crippen molar-refractivity contribution >= 4 is 29.9 Å². The van der Waals surface area contributed by atoms with E-state index in [4.69, 9.17) is 0 Å². The van der Waals surface area contributed by atoms with Gasteiger partial charge in [-0.1, -0.05) is 43.2 Å². The van der Waals surface area contributed by atoms with Gasteiger partial charge in [-0.25, -0.2) is 4.98 Å². The average Bonchev–Trinajstić information content (AvgIpc) is 3.36. The molecule has 0 amide bonds. The number of guanidine groups is 1. The van der Waals surface area contributed by atoms with Crippen LogP contribution in [-0.2, 0) is 19.5 Å². The van der Waals surface area contributed by atoms with Crippen LogP contribution in [0.4, 0.5) is 0 Å². The van der Waals surface area contributed by atoms with Gasteiger partial charge in [0.1, 0.15) is 5.82 Å². The molecule has 2 atom stereocenters. The molecule has 2 fully saturated rings. The molecule has 2 aliphatic rings. The van der Waals surface area contributed by atoms with Gasteiger partial charge in [-0.2, -0.15) is 0 Å². The molecule has 5 nitrogen and oxygen atoms in total. The molecule has 1 aromatic heterocycles. The van der Waals surface area contributed by atoms with Gasteiger partial charge in [-0.15, -0.1) is 24.0 Å². The van der Waals surface area contributed by atoms with Crippen molar-refractivity contribution in [2.24, 2.45) is 16.8 Å². The maximum atomic E-state index is 4.57. The maximum absolute atomic E-state index is 4.57. The lowest BCUT2D eigenvalue weighted by atomic mass is 9.82. The lowest BCUT2D eigenvalue weighted by Crippen LogP contribution is -2.40. The third-order valence-corrected chi connectivity index (χ3v) is 6.40. The van der Waals surface area contributed by atoms with E-state index in [2.05, 4.69) is 61.3 Å². The summed E-state index contributed by atoms with van der Waals surface area (Å²) in [6.07, 6.45) is 11.8. The van der Waals surface area contributed by atoms with E-state index in [0.29, 0.717) is 0 Å². The van der Waals surface area contributed by atoms with Crippen molar-refractivity contribution in [3.8, 4) is 0 Å². The number of hydrogen-bond acceptors (Lipinski definition) is 2. The highest BCUT2D eigenvalue weighted by Gasteiger charge is 2.35. The fraction of sp³-hybridized carbons (Fsp3) is 0.565. The fourth-order valence-electron chi connectivity index (χ4n) is 4.88. The molecule has 1 saturated carbocycles. The van der Waals surface area contributed by atoms with E-state index in [-0.39, 0.29) is 24.0 Å². The van der Waals surface area contributed by atoms with Crippen molar-refractivity contribution < 1.29 is 0 Å². The number of fused-ring (bicyclic) bond motifs is 1. The van der Waals surface area contributed by atoms with Gasteiger partial charge >= 0.3 is 0 Å². The van der Waals surface area contributed by atoms with Crippen molar-refractivity contribution in [2.75, 3.05) is 20.1 Å². The number of aryl methyl sites for hydroxylation is 2. The number of benzene rings is 1. The first kappa shape index (κ1) is 22.1. The number of aromatic nitrogens is 2. The highest BCUT2D eigenvalue weighted by molar-refractivity contribution is 14.0. The molecule has 6 heteroatoms. The van der Waals surface area contributed by atoms with Gasteiger partial charge in [0.25, 0.3) is 0 Å². The molecule has 2 aromatic rings. The highest BCUT2D eigenvalue weighted by atomic mass is 127. The highest BCUT2D eigenvalue weighted by Crippen LogP contribution is 2.35. The Morgan fingerprint density at radius 2 is 1.86 bits per heavy atom. The van der Waals surface area contributed by atoms with Gasteiger partial charge in [-0.3, -0.25) is 4.99 Å². The van der Waals surface area contributed by atoms with Crippen molar-refractivity contribution in [1.29, 1.82) is 0 Å². The Balaban J connectivity index is 0.00000240. The van der Waals surface area contributed by atoms with Crippen LogP contribution < -0.4 is 5.32 Å². The van der Waals surface area contributed by atoms with Crippen molar-refractivity contribution in [3.05, 3.63) is 54.1 Å². The van der Waals surface area contributed by atoms with Crippen LogP contribution in [0.2, 0.25) is 0 Å². The van der Waals surface area contributed by atoms with Crippen LogP contribution in [-0.4, -0.2) is 40.5 Å². The number of rotatable bonds is 6. The molecule has 1 aliphatic heterocycles. The summed E-state index contributed by atoms with van der Waals surface area (Å²) in [6, 6.07) is 10.7. The summed E-state index contributed by atoms with van der Waals surface area (Å²) >= 11 is 0. The first-order valence-corrected chi connectivity index (χ1v) is 10.8. The SMILES string of the molecule is CN=C(NCc1nccn1CCCc1ccccc1)N1CC2CCCCC2C1.I. The van der Waals surface area contributed by atoms with Gasteiger partial charge < -0.3 is 14.8 Å². The summed E-state index contributed by atoms with van der Waals surface area (Å²) in [5, 5.41) is 3.56. The van der Waals surface area contributed by atoms with Gasteiger partial charge in [-0.05, 0) is 43.1 Å². The Morgan fingerprint density at radius 1 is 1.14 bits per heavy atom. The second-order valence-corrected chi connectivity index (χ2v) is 8.24. The zero-order chi connectivity index (χ0) is 19.2. The Kier molecular flexibility index (Phi) is 8.39. The molecular weight excluding hydrogens is 473 g/mol. The number of aliphatic imine (C=N–C) groups is 1. The number of likely N-dealkylation sites (tertiary alicyclic amines) is 1. The molecule has 1 aliphatic carbocycles. The van der Waals surface area contributed by atoms with Gasteiger partial charge in [0, 0.05) is 39.1 Å². The van der Waals surface area contributed by atoms with Crippen molar-refractivity contribution in [2.45, 2.75) is 51.6 Å². The predicted octanol–water partition coefficient (Wildman–Crippen LogP) is 4.33. The quantitative estimate of drug-likeness (QED) is 0.360. The predicted molar refractivity (Wildman–Crippen MR) is 130 cm³/mol. The number of halogens is 1. The molecule has 1 N–H and O–H groups in total. The van der Waals surface area contributed by atoms with Gasteiger partial charge in [0.05, 0.1) is 6.54 Å². The Hall–Kier alpha value is -1.57. The molecule has 1 saturated heterocycles. The smallest absolute Gasteiger partial charge is 0.194 e. The zero-order valence-corrected chi connectivity index (χ0v) is 19.8. The molecule has 158 valence electrons. The third kappa shape index (κ3) is 5.74. The van der Waals surface area contributed by atoms with Crippen LogP contribution >= 0.6 is 24.0 Å². The van der Waals surface area contributed by atoms with Gasteiger partial charge in [0.15, 0.2) is 5.96 Å². The molecule has 0 spiro atoms. The van der Waals surface area contributed by atoms with E-state index in [1.165, 1.54) is 31.2 Å². The molecule has 4 rings (SSSR count). The molecule has 29 heavy (non-hydrogen) atoms. The lowest BCUT2D eigenvalue weighted by molar-refractivity contribution is 0.299. The van der Waals surface area contributed by atoms with Crippen LogP contribution in [0, 0.1) is 11.8 Å². The topological polar surface area (TPSA) is 45.5 Å². The van der Waals surface area contributed by atoms with Crippen molar-refractivity contribution in [1.82, 2.24) is 19.8 Å². The number of nitrogens with zero attached hydrogens (tertiary/aromatic N) is 4. The average molecular weight is 507 g/mol.